The molecule has 1 fully saturated rings. The number of rotatable bonds is 4. The molecule has 1 N–H and O–H groups in total. The number of aryl methyl sites for hydroxylation is 1. The molecule has 86 valence electrons. The van der Waals surface area contributed by atoms with Crippen molar-refractivity contribution >= 4 is 5.97 Å². The minimum atomic E-state index is -0.924. The summed E-state index contributed by atoms with van der Waals surface area (Å²) >= 11 is 0. The molecule has 2 rings (SSSR count). The Kier molecular flexibility index (Phi) is 3.13. The number of carboxylic acids is 1. The summed E-state index contributed by atoms with van der Waals surface area (Å²) in [5, 5.41) is 9.05. The van der Waals surface area contributed by atoms with Crippen LogP contribution < -0.4 is 4.74 Å². The molecule has 1 aliphatic carbocycles. The average Bonchev–Trinajstić information content (AvgIpc) is 2.17. The Hall–Kier alpha value is -1.51. The summed E-state index contributed by atoms with van der Waals surface area (Å²) < 4.78 is 5.58. The summed E-state index contributed by atoms with van der Waals surface area (Å²) in [5.74, 6) is 0.181. The van der Waals surface area contributed by atoms with Crippen molar-refractivity contribution in [2.24, 2.45) is 5.92 Å². The lowest BCUT2D eigenvalue weighted by molar-refractivity contribution is 0.0689. The molecule has 0 aliphatic heterocycles. The Morgan fingerprint density at radius 2 is 2.25 bits per heavy atom. The molecule has 1 aliphatic rings. The van der Waals surface area contributed by atoms with Gasteiger partial charge in [-0.1, -0.05) is 18.1 Å². The van der Waals surface area contributed by atoms with Gasteiger partial charge in [-0.15, -0.1) is 0 Å². The van der Waals surface area contributed by atoms with E-state index >= 15 is 0 Å². The maximum Gasteiger partial charge on any atom is 0.339 e. The van der Waals surface area contributed by atoms with Crippen LogP contribution in [-0.4, -0.2) is 17.7 Å². The molecule has 0 unspecified atom stereocenters. The summed E-state index contributed by atoms with van der Waals surface area (Å²) in [6.45, 7) is 2.52. The quantitative estimate of drug-likeness (QED) is 0.848. The first-order valence-corrected chi connectivity index (χ1v) is 5.63. The summed E-state index contributed by atoms with van der Waals surface area (Å²) in [6.07, 6.45) is 3.68. The van der Waals surface area contributed by atoms with Gasteiger partial charge in [-0.05, 0) is 37.8 Å². The first kappa shape index (κ1) is 11.0. The zero-order chi connectivity index (χ0) is 11.5. The highest BCUT2D eigenvalue weighted by molar-refractivity contribution is 5.91. The lowest BCUT2D eigenvalue weighted by Gasteiger charge is -2.25. The zero-order valence-electron chi connectivity index (χ0n) is 9.40. The Morgan fingerprint density at radius 1 is 1.50 bits per heavy atom. The fraction of sp³-hybridized carbons (Fsp3) is 0.462. The van der Waals surface area contributed by atoms with Gasteiger partial charge in [-0.3, -0.25) is 0 Å². The van der Waals surface area contributed by atoms with Gasteiger partial charge in [-0.25, -0.2) is 4.79 Å². The second-order valence-electron chi connectivity index (χ2n) is 4.41. The maximum atomic E-state index is 11.0. The fourth-order valence-corrected chi connectivity index (χ4v) is 1.80. The zero-order valence-corrected chi connectivity index (χ0v) is 9.40. The molecule has 0 radical (unpaired) electrons. The van der Waals surface area contributed by atoms with Crippen molar-refractivity contribution in [3.8, 4) is 5.75 Å². The van der Waals surface area contributed by atoms with Crippen molar-refractivity contribution < 1.29 is 14.6 Å². The lowest BCUT2D eigenvalue weighted by atomic mass is 9.86. The number of hydrogen-bond acceptors (Lipinski definition) is 2. The SMILES string of the molecule is Cc1ccc(OCC2CCC2)c(C(=O)O)c1. The van der Waals surface area contributed by atoms with Crippen molar-refractivity contribution in [3.05, 3.63) is 29.3 Å². The first-order valence-electron chi connectivity index (χ1n) is 5.63. The second kappa shape index (κ2) is 4.56. The summed E-state index contributed by atoms with van der Waals surface area (Å²) in [7, 11) is 0. The average molecular weight is 220 g/mol. The van der Waals surface area contributed by atoms with E-state index in [4.69, 9.17) is 9.84 Å². The van der Waals surface area contributed by atoms with Gasteiger partial charge in [0.2, 0.25) is 0 Å². The number of hydrogen-bond donors (Lipinski definition) is 1. The highest BCUT2D eigenvalue weighted by Gasteiger charge is 2.19. The van der Waals surface area contributed by atoms with Crippen LogP contribution in [0.25, 0.3) is 0 Å². The third-order valence-electron chi connectivity index (χ3n) is 3.06. The molecular formula is C13H16O3. The van der Waals surface area contributed by atoms with Gasteiger partial charge in [0, 0.05) is 0 Å². The van der Waals surface area contributed by atoms with E-state index in [2.05, 4.69) is 0 Å². The summed E-state index contributed by atoms with van der Waals surface area (Å²) in [4.78, 5) is 11.0. The minimum Gasteiger partial charge on any atom is -0.492 e. The van der Waals surface area contributed by atoms with Crippen LogP contribution in [-0.2, 0) is 0 Å². The van der Waals surface area contributed by atoms with E-state index in [0.717, 1.165) is 5.56 Å². The van der Waals surface area contributed by atoms with E-state index in [1.807, 2.05) is 13.0 Å². The summed E-state index contributed by atoms with van der Waals surface area (Å²) in [5.41, 5.74) is 1.20. The number of ether oxygens (including phenoxy) is 1. The largest absolute Gasteiger partial charge is 0.492 e. The first-order chi connectivity index (χ1) is 7.66. The number of aromatic carboxylic acids is 1. The van der Waals surface area contributed by atoms with E-state index < -0.39 is 5.97 Å². The number of benzene rings is 1. The van der Waals surface area contributed by atoms with Gasteiger partial charge >= 0.3 is 5.97 Å². The van der Waals surface area contributed by atoms with Crippen molar-refractivity contribution in [2.45, 2.75) is 26.2 Å². The second-order valence-corrected chi connectivity index (χ2v) is 4.41. The summed E-state index contributed by atoms with van der Waals surface area (Å²) in [6, 6.07) is 5.28. The van der Waals surface area contributed by atoms with Crippen molar-refractivity contribution in [1.82, 2.24) is 0 Å². The Labute approximate surface area is 95.0 Å². The highest BCUT2D eigenvalue weighted by atomic mass is 16.5. The molecule has 1 aromatic carbocycles. The van der Waals surface area contributed by atoms with Crippen LogP contribution >= 0.6 is 0 Å². The topological polar surface area (TPSA) is 46.5 Å². The highest BCUT2D eigenvalue weighted by Crippen LogP contribution is 2.28. The Balaban J connectivity index is 2.08. The molecule has 0 aromatic heterocycles. The third-order valence-corrected chi connectivity index (χ3v) is 3.06. The number of carboxylic acid groups (broad SMARTS) is 1. The molecule has 3 nitrogen and oxygen atoms in total. The molecular weight excluding hydrogens is 204 g/mol. The van der Waals surface area contributed by atoms with Gasteiger partial charge in [0.25, 0.3) is 0 Å². The van der Waals surface area contributed by atoms with Crippen LogP contribution in [0.15, 0.2) is 18.2 Å². The lowest BCUT2D eigenvalue weighted by Crippen LogP contribution is -2.20. The van der Waals surface area contributed by atoms with E-state index in [0.29, 0.717) is 18.3 Å². The van der Waals surface area contributed by atoms with Gasteiger partial charge in [0.1, 0.15) is 11.3 Å². The molecule has 0 atom stereocenters. The predicted octanol–water partition coefficient (Wildman–Crippen LogP) is 2.87. The molecule has 1 aromatic rings. The van der Waals surface area contributed by atoms with E-state index in [1.165, 1.54) is 19.3 Å². The van der Waals surface area contributed by atoms with Gasteiger partial charge in [0.05, 0.1) is 6.61 Å². The minimum absolute atomic E-state index is 0.263. The van der Waals surface area contributed by atoms with E-state index in [1.54, 1.807) is 12.1 Å². The van der Waals surface area contributed by atoms with E-state index in [-0.39, 0.29) is 5.56 Å². The van der Waals surface area contributed by atoms with Gasteiger partial charge in [0.15, 0.2) is 0 Å². The molecule has 16 heavy (non-hydrogen) atoms. The van der Waals surface area contributed by atoms with Gasteiger partial charge < -0.3 is 9.84 Å². The predicted molar refractivity (Wildman–Crippen MR) is 61.0 cm³/mol. The van der Waals surface area contributed by atoms with Crippen LogP contribution in [0.2, 0.25) is 0 Å². The van der Waals surface area contributed by atoms with Crippen LogP contribution in [0.1, 0.15) is 35.2 Å². The third kappa shape index (κ3) is 2.35. The molecule has 0 heterocycles. The molecule has 0 saturated heterocycles. The molecule has 3 heteroatoms. The van der Waals surface area contributed by atoms with Crippen molar-refractivity contribution in [2.75, 3.05) is 6.61 Å². The molecule has 0 spiro atoms. The van der Waals surface area contributed by atoms with Crippen LogP contribution in [0.4, 0.5) is 0 Å². The smallest absolute Gasteiger partial charge is 0.339 e. The fourth-order valence-electron chi connectivity index (χ4n) is 1.80. The van der Waals surface area contributed by atoms with Crippen molar-refractivity contribution in [1.29, 1.82) is 0 Å². The maximum absolute atomic E-state index is 11.0. The van der Waals surface area contributed by atoms with Crippen LogP contribution in [0.5, 0.6) is 5.75 Å². The Bertz CT molecular complexity index is 394. The normalized spacial score (nSPS) is 15.6. The molecule has 1 saturated carbocycles. The Morgan fingerprint density at radius 3 is 2.81 bits per heavy atom. The van der Waals surface area contributed by atoms with Crippen LogP contribution in [0.3, 0.4) is 0 Å². The monoisotopic (exact) mass is 220 g/mol. The standard InChI is InChI=1S/C13H16O3/c1-9-5-6-12(11(7-9)13(14)15)16-8-10-3-2-4-10/h5-7,10H,2-4,8H2,1H3,(H,14,15). The molecule has 0 amide bonds. The van der Waals surface area contributed by atoms with Gasteiger partial charge in [-0.2, -0.15) is 0 Å². The molecule has 0 bridgehead atoms. The van der Waals surface area contributed by atoms with E-state index in [9.17, 15) is 4.79 Å². The van der Waals surface area contributed by atoms with Crippen LogP contribution in [0, 0.1) is 12.8 Å². The number of carbonyl (C=O) groups is 1. The van der Waals surface area contributed by atoms with Crippen molar-refractivity contribution in [3.63, 3.8) is 0 Å².